The Morgan fingerprint density at radius 3 is 2.42 bits per heavy atom. The summed E-state index contributed by atoms with van der Waals surface area (Å²) in [5.74, 6) is -1.97. The molecule has 1 saturated heterocycles. The molecule has 9 heteroatoms. The third-order valence-electron chi connectivity index (χ3n) is 12.2. The maximum absolute atomic E-state index is 15.2. The molecular formula is C39H46O9. The van der Waals surface area contributed by atoms with Gasteiger partial charge in [0.15, 0.2) is 17.0 Å². The number of carbonyl (C=O) groups excluding carboxylic acids is 2. The maximum Gasteiger partial charge on any atom is 0.330 e. The zero-order chi connectivity index (χ0) is 34.9. The first-order valence-corrected chi connectivity index (χ1v) is 17.0. The van der Waals surface area contributed by atoms with Gasteiger partial charge in [-0.3, -0.25) is 9.59 Å². The third kappa shape index (κ3) is 4.00. The van der Waals surface area contributed by atoms with Gasteiger partial charge in [-0.25, -0.2) is 4.79 Å². The summed E-state index contributed by atoms with van der Waals surface area (Å²) in [6.45, 7) is 17.6. The van der Waals surface area contributed by atoms with Crippen molar-refractivity contribution < 1.29 is 43.5 Å². The number of aromatic hydroxyl groups is 1. The first-order chi connectivity index (χ1) is 22.4. The van der Waals surface area contributed by atoms with Crippen LogP contribution < -0.4 is 9.47 Å². The molecule has 256 valence electrons. The van der Waals surface area contributed by atoms with Crippen LogP contribution in [0.25, 0.3) is 0 Å². The molecule has 1 spiro atoms. The van der Waals surface area contributed by atoms with Crippen LogP contribution >= 0.6 is 0 Å². The Morgan fingerprint density at radius 1 is 1.08 bits per heavy atom. The molecule has 2 N–H and O–H groups in total. The van der Waals surface area contributed by atoms with Crippen LogP contribution in [0.15, 0.2) is 47.1 Å². The Hall–Kier alpha value is -3.69. The smallest absolute Gasteiger partial charge is 0.330 e. The summed E-state index contributed by atoms with van der Waals surface area (Å²) < 4.78 is 26.9. The number of carbonyl (C=O) groups is 3. The number of benzene rings is 1. The van der Waals surface area contributed by atoms with E-state index in [4.69, 9.17) is 18.9 Å². The summed E-state index contributed by atoms with van der Waals surface area (Å²) in [7, 11) is 1.44. The van der Waals surface area contributed by atoms with Crippen LogP contribution in [0.4, 0.5) is 0 Å². The van der Waals surface area contributed by atoms with E-state index in [-0.39, 0.29) is 52.9 Å². The van der Waals surface area contributed by atoms with Gasteiger partial charge in [-0.05, 0) is 92.6 Å². The number of fused-ring (bicyclic) bond motifs is 5. The van der Waals surface area contributed by atoms with Gasteiger partial charge >= 0.3 is 5.97 Å². The largest absolute Gasteiger partial charge is 0.507 e. The molecule has 7 aliphatic rings. The van der Waals surface area contributed by atoms with Crippen molar-refractivity contribution in [3.8, 4) is 17.2 Å². The molecular weight excluding hydrogens is 612 g/mol. The molecule has 1 aromatic carbocycles. The fourth-order valence-corrected chi connectivity index (χ4v) is 9.87. The van der Waals surface area contributed by atoms with Crippen LogP contribution in [0.3, 0.4) is 0 Å². The minimum absolute atomic E-state index is 0.0376. The van der Waals surface area contributed by atoms with Gasteiger partial charge in [-0.15, -0.1) is 0 Å². The number of ketones is 2. The number of ether oxygens (including phenoxy) is 4. The molecule has 8 rings (SSSR count). The fraction of sp³-hybridized carbons (Fsp3) is 0.564. The van der Waals surface area contributed by atoms with Crippen molar-refractivity contribution in [1.29, 1.82) is 0 Å². The number of allylic oxidation sites excluding steroid dienone is 3. The number of carboxylic acids is 1. The second-order valence-corrected chi connectivity index (χ2v) is 15.9. The molecule has 7 atom stereocenters. The Balaban J connectivity index is 1.55. The summed E-state index contributed by atoms with van der Waals surface area (Å²) in [4.78, 5) is 41.8. The number of hydrogen-bond acceptors (Lipinski definition) is 8. The topological polar surface area (TPSA) is 129 Å². The summed E-state index contributed by atoms with van der Waals surface area (Å²) in [6, 6.07) is 0. The molecule has 0 amide bonds. The molecule has 2 saturated carbocycles. The quantitative estimate of drug-likeness (QED) is 0.243. The molecule has 0 aromatic heterocycles. The SMILES string of the molecule is C=C(C)[C@H]1CC[C@@]2(C)C[C@@H]1c1c(O)c3c(c(CC=C(C)C)c1O2)O[C@]12C(=C[C@]4(OC)C[C@H]1C(C)(C)O[C@@]2(C/C=C(/C)C(=O)O)C4=O)C3=O. The van der Waals surface area contributed by atoms with E-state index in [0.29, 0.717) is 29.7 Å². The van der Waals surface area contributed by atoms with E-state index < -0.39 is 51.5 Å². The number of methoxy groups -OCH3 is 1. The first kappa shape index (κ1) is 32.8. The van der Waals surface area contributed by atoms with E-state index in [2.05, 4.69) is 13.5 Å². The highest BCUT2D eigenvalue weighted by molar-refractivity contribution is 6.20. The molecule has 3 fully saturated rings. The summed E-state index contributed by atoms with van der Waals surface area (Å²) in [6.07, 6.45) is 7.86. The van der Waals surface area contributed by atoms with Gasteiger partial charge in [-0.1, -0.05) is 29.9 Å². The average molecular weight is 659 g/mol. The lowest BCUT2D eigenvalue weighted by Gasteiger charge is -2.59. The lowest BCUT2D eigenvalue weighted by atomic mass is 9.49. The van der Waals surface area contributed by atoms with E-state index in [1.54, 1.807) is 6.08 Å². The van der Waals surface area contributed by atoms with Crippen LogP contribution in [0.1, 0.15) is 108 Å². The fourth-order valence-electron chi connectivity index (χ4n) is 9.87. The number of carboxylic acid groups (broad SMARTS) is 1. The predicted molar refractivity (Wildman–Crippen MR) is 178 cm³/mol. The zero-order valence-electron chi connectivity index (χ0n) is 29.2. The molecule has 3 heterocycles. The Labute approximate surface area is 281 Å². The summed E-state index contributed by atoms with van der Waals surface area (Å²) in [5, 5.41) is 22.0. The average Bonchev–Trinajstić information content (AvgIpc) is 3.16. The normalized spacial score (nSPS) is 36.6. The van der Waals surface area contributed by atoms with Crippen LogP contribution in [0.2, 0.25) is 0 Å². The standard InChI is InChI=1S/C39H46O9/c1-19(2)10-11-23-31-27(24-16-36(8,46-31)14-13-22(24)20(3)4)30(41)28-29(40)25-17-37(45-9)18-26-35(6,7)48-38(34(37)44,15-12-21(5)33(42)43)39(25,26)47-32(23)28/h10,12,17,22,24,26,41H,3,11,13-16,18H2,1-2,4-9H3,(H,42,43)/b21-12-/t22-,24+,26+,36+,37+,38+,39-/m1/s1. The lowest BCUT2D eigenvalue weighted by Crippen LogP contribution is -2.77. The second-order valence-electron chi connectivity index (χ2n) is 15.9. The van der Waals surface area contributed by atoms with Gasteiger partial charge < -0.3 is 29.2 Å². The zero-order valence-corrected chi connectivity index (χ0v) is 29.2. The molecule has 4 aliphatic carbocycles. The van der Waals surface area contributed by atoms with E-state index in [1.807, 2.05) is 40.7 Å². The van der Waals surface area contributed by atoms with Crippen molar-refractivity contribution in [2.75, 3.05) is 7.11 Å². The van der Waals surface area contributed by atoms with Crippen LogP contribution in [0.5, 0.6) is 17.2 Å². The minimum Gasteiger partial charge on any atom is -0.507 e. The molecule has 3 aliphatic heterocycles. The number of phenols is 1. The van der Waals surface area contributed by atoms with Crippen molar-refractivity contribution in [2.45, 2.75) is 121 Å². The predicted octanol–water partition coefficient (Wildman–Crippen LogP) is 6.71. The highest BCUT2D eigenvalue weighted by Crippen LogP contribution is 2.70. The van der Waals surface area contributed by atoms with Crippen molar-refractivity contribution >= 4 is 17.5 Å². The van der Waals surface area contributed by atoms with Crippen molar-refractivity contribution in [1.82, 2.24) is 0 Å². The molecule has 0 unspecified atom stereocenters. The number of rotatable bonds is 7. The molecule has 9 nitrogen and oxygen atoms in total. The Morgan fingerprint density at radius 2 is 1.79 bits per heavy atom. The van der Waals surface area contributed by atoms with Crippen LogP contribution in [-0.2, 0) is 25.5 Å². The highest BCUT2D eigenvalue weighted by atomic mass is 16.6. The number of Topliss-reactive ketones (excluding diaryl/α,β-unsaturated/α-hetero) is 2. The third-order valence-corrected chi connectivity index (χ3v) is 12.2. The van der Waals surface area contributed by atoms with Gasteiger partial charge in [0.2, 0.25) is 5.78 Å². The van der Waals surface area contributed by atoms with Gasteiger partial charge in [0.1, 0.15) is 34.0 Å². The molecule has 48 heavy (non-hydrogen) atoms. The summed E-state index contributed by atoms with van der Waals surface area (Å²) >= 11 is 0. The van der Waals surface area contributed by atoms with Crippen LogP contribution in [-0.4, -0.2) is 62.9 Å². The van der Waals surface area contributed by atoms with E-state index >= 15 is 4.79 Å². The lowest BCUT2D eigenvalue weighted by molar-refractivity contribution is -0.190. The van der Waals surface area contributed by atoms with E-state index in [9.17, 15) is 19.8 Å². The van der Waals surface area contributed by atoms with Gasteiger partial charge in [-0.2, -0.15) is 0 Å². The molecule has 6 bridgehead atoms. The number of phenolic OH excluding ortho intramolecular Hbond substituents is 1. The van der Waals surface area contributed by atoms with Gasteiger partial charge in [0, 0.05) is 47.6 Å². The summed E-state index contributed by atoms with van der Waals surface area (Å²) in [5.41, 5.74) is -2.72. The highest BCUT2D eigenvalue weighted by Gasteiger charge is 2.84. The van der Waals surface area contributed by atoms with Crippen molar-refractivity contribution in [3.63, 3.8) is 0 Å². The number of hydrogen-bond donors (Lipinski definition) is 2. The van der Waals surface area contributed by atoms with E-state index in [0.717, 1.165) is 24.0 Å². The second kappa shape index (κ2) is 10.2. The van der Waals surface area contributed by atoms with Gasteiger partial charge in [0.25, 0.3) is 0 Å². The first-order valence-electron chi connectivity index (χ1n) is 17.0. The van der Waals surface area contributed by atoms with Crippen LogP contribution in [0, 0.1) is 11.8 Å². The van der Waals surface area contributed by atoms with Gasteiger partial charge in [0.05, 0.1) is 5.60 Å². The maximum atomic E-state index is 15.2. The van der Waals surface area contributed by atoms with E-state index in [1.165, 1.54) is 20.1 Å². The van der Waals surface area contributed by atoms with Crippen molar-refractivity contribution in [2.24, 2.45) is 11.8 Å². The number of aliphatic carboxylic acids is 1. The molecule has 0 radical (unpaired) electrons. The minimum atomic E-state index is -1.78. The Bertz CT molecular complexity index is 1810. The molecule has 1 aromatic rings. The van der Waals surface area contributed by atoms with Crippen molar-refractivity contribution in [3.05, 3.63) is 63.8 Å². The Kier molecular flexibility index (Phi) is 6.96. The monoisotopic (exact) mass is 658 g/mol.